The van der Waals surface area contributed by atoms with Gasteiger partial charge in [0.2, 0.25) is 5.95 Å². The van der Waals surface area contributed by atoms with Crippen molar-refractivity contribution >= 4 is 27.5 Å². The van der Waals surface area contributed by atoms with Crippen molar-refractivity contribution in [2.24, 2.45) is 0 Å². The van der Waals surface area contributed by atoms with Crippen molar-refractivity contribution in [3.63, 3.8) is 0 Å². The van der Waals surface area contributed by atoms with Crippen molar-refractivity contribution in [1.29, 1.82) is 0 Å². The maximum atomic E-state index is 12.6. The first-order valence-electron chi connectivity index (χ1n) is 7.52. The van der Waals surface area contributed by atoms with Gasteiger partial charge in [-0.1, -0.05) is 19.8 Å². The highest BCUT2D eigenvalue weighted by molar-refractivity contribution is 7.18. The number of fused-ring (bicyclic) bond motifs is 1. The normalized spacial score (nSPS) is 16.1. The average Bonchev–Trinajstić information content (AvgIpc) is 3.08. The van der Waals surface area contributed by atoms with Crippen molar-refractivity contribution in [1.82, 2.24) is 9.55 Å². The lowest BCUT2D eigenvalue weighted by Gasteiger charge is -2.16. The largest absolute Gasteiger partial charge is 0.353 e. The van der Waals surface area contributed by atoms with E-state index < -0.39 is 0 Å². The molecule has 0 aromatic carbocycles. The van der Waals surface area contributed by atoms with Crippen LogP contribution in [-0.4, -0.2) is 15.6 Å². The molecule has 0 amide bonds. The zero-order valence-corrected chi connectivity index (χ0v) is 12.9. The first kappa shape index (κ1) is 13.6. The molecule has 3 rings (SSSR count). The van der Waals surface area contributed by atoms with E-state index in [1.54, 1.807) is 15.9 Å². The molecule has 2 heterocycles. The molecule has 1 fully saturated rings. The van der Waals surface area contributed by atoms with Crippen molar-refractivity contribution in [2.45, 2.75) is 58.5 Å². The lowest BCUT2D eigenvalue weighted by Crippen LogP contribution is -2.27. The van der Waals surface area contributed by atoms with Gasteiger partial charge in [0, 0.05) is 17.5 Å². The van der Waals surface area contributed by atoms with E-state index in [1.807, 2.05) is 6.92 Å². The average molecular weight is 291 g/mol. The Hall–Kier alpha value is -1.36. The van der Waals surface area contributed by atoms with Crippen LogP contribution in [0.3, 0.4) is 0 Å². The van der Waals surface area contributed by atoms with E-state index in [-0.39, 0.29) is 5.56 Å². The summed E-state index contributed by atoms with van der Waals surface area (Å²) in [7, 11) is 0. The van der Waals surface area contributed by atoms with E-state index in [2.05, 4.69) is 18.3 Å². The molecule has 0 unspecified atom stereocenters. The van der Waals surface area contributed by atoms with Gasteiger partial charge in [0.25, 0.3) is 5.56 Å². The first-order chi connectivity index (χ1) is 9.72. The second-order valence-electron chi connectivity index (χ2n) is 5.39. The molecule has 0 saturated heterocycles. The molecule has 4 nitrogen and oxygen atoms in total. The van der Waals surface area contributed by atoms with Crippen LogP contribution < -0.4 is 10.9 Å². The SMILES string of the molecule is CCc1cc2nc(NC3CCCC3)n(CC)c(=O)c2s1. The van der Waals surface area contributed by atoms with Crippen LogP contribution in [0.4, 0.5) is 5.95 Å². The number of aromatic nitrogens is 2. The zero-order valence-electron chi connectivity index (χ0n) is 12.1. The van der Waals surface area contributed by atoms with Gasteiger partial charge >= 0.3 is 0 Å². The standard InChI is InChI=1S/C15H21N3OS/c1-3-11-9-12-13(20-11)14(19)18(4-2)15(17-12)16-10-7-5-6-8-10/h9-10H,3-8H2,1-2H3,(H,16,17). The Morgan fingerprint density at radius 1 is 1.40 bits per heavy atom. The van der Waals surface area contributed by atoms with Gasteiger partial charge in [0.15, 0.2) is 0 Å². The molecule has 20 heavy (non-hydrogen) atoms. The van der Waals surface area contributed by atoms with E-state index in [1.165, 1.54) is 30.6 Å². The number of nitrogens with zero attached hydrogens (tertiary/aromatic N) is 2. The Morgan fingerprint density at radius 3 is 2.80 bits per heavy atom. The van der Waals surface area contributed by atoms with Crippen LogP contribution in [0.15, 0.2) is 10.9 Å². The van der Waals surface area contributed by atoms with Gasteiger partial charge in [-0.2, -0.15) is 0 Å². The number of rotatable bonds is 4. The molecular formula is C15H21N3OS. The fourth-order valence-electron chi connectivity index (χ4n) is 2.89. The topological polar surface area (TPSA) is 46.9 Å². The third kappa shape index (κ3) is 2.35. The number of aryl methyl sites for hydroxylation is 1. The van der Waals surface area contributed by atoms with Crippen molar-refractivity contribution in [3.8, 4) is 0 Å². The van der Waals surface area contributed by atoms with E-state index in [9.17, 15) is 4.79 Å². The summed E-state index contributed by atoms with van der Waals surface area (Å²) in [4.78, 5) is 18.5. The smallest absolute Gasteiger partial charge is 0.272 e. The lowest BCUT2D eigenvalue weighted by molar-refractivity contribution is 0.683. The van der Waals surface area contributed by atoms with E-state index in [4.69, 9.17) is 4.98 Å². The Kier molecular flexibility index (Phi) is 3.78. The molecule has 0 bridgehead atoms. The molecule has 1 N–H and O–H groups in total. The van der Waals surface area contributed by atoms with Crippen LogP contribution in [0.25, 0.3) is 10.2 Å². The summed E-state index contributed by atoms with van der Waals surface area (Å²) in [6.07, 6.45) is 5.87. The fourth-order valence-corrected chi connectivity index (χ4v) is 3.87. The molecule has 0 aliphatic heterocycles. The van der Waals surface area contributed by atoms with Crippen LogP contribution in [0, 0.1) is 0 Å². The second kappa shape index (κ2) is 5.56. The van der Waals surface area contributed by atoms with Gasteiger partial charge < -0.3 is 5.32 Å². The highest BCUT2D eigenvalue weighted by Gasteiger charge is 2.18. The summed E-state index contributed by atoms with van der Waals surface area (Å²) >= 11 is 1.58. The monoisotopic (exact) mass is 291 g/mol. The number of thiophene rings is 1. The van der Waals surface area contributed by atoms with Gasteiger partial charge in [-0.25, -0.2) is 4.98 Å². The second-order valence-corrected chi connectivity index (χ2v) is 6.53. The highest BCUT2D eigenvalue weighted by Crippen LogP contribution is 2.25. The summed E-state index contributed by atoms with van der Waals surface area (Å²) in [6, 6.07) is 2.53. The van der Waals surface area contributed by atoms with Gasteiger partial charge in [-0.15, -0.1) is 11.3 Å². The minimum Gasteiger partial charge on any atom is -0.353 e. The zero-order chi connectivity index (χ0) is 14.1. The molecule has 5 heteroatoms. The summed E-state index contributed by atoms with van der Waals surface area (Å²) in [5, 5.41) is 3.48. The van der Waals surface area contributed by atoms with E-state index in [0.29, 0.717) is 12.6 Å². The van der Waals surface area contributed by atoms with Crippen LogP contribution in [0.1, 0.15) is 44.4 Å². The quantitative estimate of drug-likeness (QED) is 0.939. The molecule has 0 spiro atoms. The molecule has 2 aromatic rings. The molecule has 108 valence electrons. The first-order valence-corrected chi connectivity index (χ1v) is 8.34. The van der Waals surface area contributed by atoms with Gasteiger partial charge in [-0.05, 0) is 32.3 Å². The third-order valence-corrected chi connectivity index (χ3v) is 5.29. The minimum absolute atomic E-state index is 0.0997. The third-order valence-electron chi connectivity index (χ3n) is 4.04. The molecule has 0 radical (unpaired) electrons. The van der Waals surface area contributed by atoms with Crippen molar-refractivity contribution in [2.75, 3.05) is 5.32 Å². The van der Waals surface area contributed by atoms with Gasteiger partial charge in [0.05, 0.1) is 5.52 Å². The van der Waals surface area contributed by atoms with Crippen molar-refractivity contribution < 1.29 is 0 Å². The number of hydrogen-bond acceptors (Lipinski definition) is 4. The lowest BCUT2D eigenvalue weighted by atomic mass is 10.2. The summed E-state index contributed by atoms with van der Waals surface area (Å²) in [6.45, 7) is 4.78. The van der Waals surface area contributed by atoms with Crippen LogP contribution in [-0.2, 0) is 13.0 Å². The molecule has 1 saturated carbocycles. The van der Waals surface area contributed by atoms with Crippen LogP contribution >= 0.6 is 11.3 Å². The highest BCUT2D eigenvalue weighted by atomic mass is 32.1. The van der Waals surface area contributed by atoms with Crippen molar-refractivity contribution in [3.05, 3.63) is 21.3 Å². The predicted molar refractivity (Wildman–Crippen MR) is 84.8 cm³/mol. The number of nitrogens with one attached hydrogen (secondary N) is 1. The van der Waals surface area contributed by atoms with E-state index in [0.717, 1.165) is 22.6 Å². The van der Waals surface area contributed by atoms with Gasteiger partial charge in [-0.3, -0.25) is 9.36 Å². The molecule has 0 atom stereocenters. The Bertz CT molecular complexity index is 668. The Balaban J connectivity index is 2.07. The Labute approximate surface area is 122 Å². The molecule has 2 aromatic heterocycles. The Morgan fingerprint density at radius 2 is 2.15 bits per heavy atom. The summed E-state index contributed by atoms with van der Waals surface area (Å²) < 4.78 is 2.57. The molecule has 1 aliphatic carbocycles. The summed E-state index contributed by atoms with van der Waals surface area (Å²) in [5.41, 5.74) is 0.949. The molecular weight excluding hydrogens is 270 g/mol. The van der Waals surface area contributed by atoms with Crippen LogP contribution in [0.5, 0.6) is 0 Å². The number of anilines is 1. The summed E-state index contributed by atoms with van der Waals surface area (Å²) in [5.74, 6) is 0.748. The maximum Gasteiger partial charge on any atom is 0.272 e. The maximum absolute atomic E-state index is 12.6. The fraction of sp³-hybridized carbons (Fsp3) is 0.600. The van der Waals surface area contributed by atoms with Crippen LogP contribution in [0.2, 0.25) is 0 Å². The number of hydrogen-bond donors (Lipinski definition) is 1. The molecule has 1 aliphatic rings. The van der Waals surface area contributed by atoms with E-state index >= 15 is 0 Å². The predicted octanol–water partition coefficient (Wildman–Crippen LogP) is 3.39. The minimum atomic E-state index is 0.0997. The van der Waals surface area contributed by atoms with Gasteiger partial charge in [0.1, 0.15) is 4.70 Å².